The first-order valence-corrected chi connectivity index (χ1v) is 3.59. The highest BCUT2D eigenvalue weighted by Crippen LogP contribution is 2.13. The summed E-state index contributed by atoms with van der Waals surface area (Å²) in [5.41, 5.74) is 4.56. The van der Waals surface area contributed by atoms with Crippen LogP contribution in [0.2, 0.25) is 0 Å². The summed E-state index contributed by atoms with van der Waals surface area (Å²) in [6.07, 6.45) is 1.87. The third-order valence-electron chi connectivity index (χ3n) is 1.75. The molecule has 0 radical (unpaired) electrons. The van der Waals surface area contributed by atoms with Crippen molar-refractivity contribution in [3.05, 3.63) is 0 Å². The SMILES string of the molecule is CCC[C@@](N)(CC)C(=O)O.Cl. The molecule has 0 unspecified atom stereocenters. The lowest BCUT2D eigenvalue weighted by Crippen LogP contribution is -2.47. The average Bonchev–Trinajstić information content (AvgIpc) is 1.88. The topological polar surface area (TPSA) is 63.3 Å². The van der Waals surface area contributed by atoms with E-state index in [2.05, 4.69) is 0 Å². The second-order valence-electron chi connectivity index (χ2n) is 2.56. The molecule has 0 aromatic rings. The van der Waals surface area contributed by atoms with Gasteiger partial charge in [-0.05, 0) is 12.8 Å². The summed E-state index contributed by atoms with van der Waals surface area (Å²) in [7, 11) is 0. The first-order valence-electron chi connectivity index (χ1n) is 3.59. The van der Waals surface area contributed by atoms with Crippen LogP contribution in [0.5, 0.6) is 0 Å². The van der Waals surface area contributed by atoms with Crippen LogP contribution in [0.1, 0.15) is 33.1 Å². The zero-order valence-electron chi connectivity index (χ0n) is 6.96. The van der Waals surface area contributed by atoms with E-state index in [9.17, 15) is 4.79 Å². The van der Waals surface area contributed by atoms with Crippen molar-refractivity contribution < 1.29 is 9.90 Å². The number of rotatable bonds is 4. The lowest BCUT2D eigenvalue weighted by molar-refractivity contribution is -0.143. The number of nitrogens with two attached hydrogens (primary N) is 1. The van der Waals surface area contributed by atoms with Crippen molar-refractivity contribution in [2.75, 3.05) is 0 Å². The van der Waals surface area contributed by atoms with Crippen LogP contribution in [0.15, 0.2) is 0 Å². The molecule has 0 rings (SSSR count). The van der Waals surface area contributed by atoms with Gasteiger partial charge in [0.25, 0.3) is 0 Å². The van der Waals surface area contributed by atoms with Crippen molar-refractivity contribution in [3.8, 4) is 0 Å². The third-order valence-corrected chi connectivity index (χ3v) is 1.75. The van der Waals surface area contributed by atoms with Crippen molar-refractivity contribution in [2.45, 2.75) is 38.6 Å². The molecule has 0 aromatic carbocycles. The van der Waals surface area contributed by atoms with Gasteiger partial charge in [-0.15, -0.1) is 12.4 Å². The molecule has 0 aromatic heterocycles. The molecule has 0 heterocycles. The van der Waals surface area contributed by atoms with E-state index in [0.717, 1.165) is 6.42 Å². The molecule has 68 valence electrons. The van der Waals surface area contributed by atoms with Crippen molar-refractivity contribution in [2.24, 2.45) is 5.73 Å². The fourth-order valence-corrected chi connectivity index (χ4v) is 0.881. The van der Waals surface area contributed by atoms with Crippen LogP contribution in [0.4, 0.5) is 0 Å². The minimum absolute atomic E-state index is 0. The van der Waals surface area contributed by atoms with Crippen LogP contribution < -0.4 is 5.73 Å². The Morgan fingerprint density at radius 1 is 1.55 bits per heavy atom. The molecule has 0 saturated carbocycles. The van der Waals surface area contributed by atoms with Crippen LogP contribution in [0.25, 0.3) is 0 Å². The fraction of sp³-hybridized carbons (Fsp3) is 0.857. The predicted molar refractivity (Wildman–Crippen MR) is 47.0 cm³/mol. The van der Waals surface area contributed by atoms with Gasteiger partial charge in [-0.2, -0.15) is 0 Å². The van der Waals surface area contributed by atoms with Crippen LogP contribution >= 0.6 is 12.4 Å². The van der Waals surface area contributed by atoms with E-state index >= 15 is 0 Å². The van der Waals surface area contributed by atoms with E-state index in [-0.39, 0.29) is 12.4 Å². The molecule has 0 fully saturated rings. The molecule has 0 saturated heterocycles. The van der Waals surface area contributed by atoms with Gasteiger partial charge in [-0.25, -0.2) is 0 Å². The summed E-state index contributed by atoms with van der Waals surface area (Å²) in [6.45, 7) is 3.73. The highest BCUT2D eigenvalue weighted by atomic mass is 35.5. The maximum absolute atomic E-state index is 10.5. The van der Waals surface area contributed by atoms with Crippen LogP contribution in [-0.2, 0) is 4.79 Å². The Bertz CT molecular complexity index is 130. The normalized spacial score (nSPS) is 14.8. The molecular formula is C7H16ClNO2. The van der Waals surface area contributed by atoms with E-state index in [1.165, 1.54) is 0 Å². The Hall–Kier alpha value is -0.280. The Morgan fingerprint density at radius 2 is 2.00 bits per heavy atom. The van der Waals surface area contributed by atoms with Gasteiger partial charge in [0, 0.05) is 0 Å². The molecule has 3 N–H and O–H groups in total. The van der Waals surface area contributed by atoms with Crippen LogP contribution in [-0.4, -0.2) is 16.6 Å². The molecule has 0 spiro atoms. The van der Waals surface area contributed by atoms with E-state index in [1.54, 1.807) is 6.92 Å². The highest BCUT2D eigenvalue weighted by molar-refractivity contribution is 5.85. The van der Waals surface area contributed by atoms with Gasteiger partial charge in [0.2, 0.25) is 0 Å². The molecule has 4 heteroatoms. The molecular weight excluding hydrogens is 166 g/mol. The summed E-state index contributed by atoms with van der Waals surface area (Å²) in [5, 5.41) is 8.64. The minimum Gasteiger partial charge on any atom is -0.480 e. The summed E-state index contributed by atoms with van der Waals surface area (Å²) in [4.78, 5) is 10.5. The first kappa shape index (κ1) is 13.3. The van der Waals surface area contributed by atoms with Gasteiger partial charge in [0.05, 0.1) is 0 Å². The van der Waals surface area contributed by atoms with Gasteiger partial charge in [-0.1, -0.05) is 20.3 Å². The number of hydrogen-bond donors (Lipinski definition) is 2. The maximum Gasteiger partial charge on any atom is 0.323 e. The largest absolute Gasteiger partial charge is 0.480 e. The van der Waals surface area contributed by atoms with Crippen LogP contribution in [0, 0.1) is 0 Å². The quantitative estimate of drug-likeness (QED) is 0.689. The van der Waals surface area contributed by atoms with Crippen molar-refractivity contribution in [3.63, 3.8) is 0 Å². The number of carboxylic acids is 1. The highest BCUT2D eigenvalue weighted by Gasteiger charge is 2.30. The average molecular weight is 182 g/mol. The Balaban J connectivity index is 0. The van der Waals surface area contributed by atoms with Crippen molar-refractivity contribution >= 4 is 18.4 Å². The Labute approximate surface area is 73.4 Å². The van der Waals surface area contributed by atoms with Crippen molar-refractivity contribution in [1.82, 2.24) is 0 Å². The molecule has 1 atom stereocenters. The van der Waals surface area contributed by atoms with E-state index < -0.39 is 11.5 Å². The standard InChI is InChI=1S/C7H15NO2.ClH/c1-3-5-7(8,4-2)6(9)10;/h3-5,8H2,1-2H3,(H,9,10);1H/t7-;/m0./s1. The number of hydrogen-bond acceptors (Lipinski definition) is 2. The molecule has 0 aliphatic rings. The van der Waals surface area contributed by atoms with Gasteiger partial charge in [0.15, 0.2) is 0 Å². The first-order chi connectivity index (χ1) is 4.56. The Kier molecular flexibility index (Phi) is 6.52. The zero-order chi connectivity index (χ0) is 8.20. The molecule has 11 heavy (non-hydrogen) atoms. The second kappa shape index (κ2) is 5.38. The second-order valence-corrected chi connectivity index (χ2v) is 2.56. The van der Waals surface area contributed by atoms with E-state index in [0.29, 0.717) is 12.8 Å². The van der Waals surface area contributed by atoms with Gasteiger partial charge in [-0.3, -0.25) is 4.79 Å². The van der Waals surface area contributed by atoms with Crippen LogP contribution in [0.3, 0.4) is 0 Å². The van der Waals surface area contributed by atoms with Gasteiger partial charge < -0.3 is 10.8 Å². The smallest absolute Gasteiger partial charge is 0.323 e. The minimum atomic E-state index is -0.991. The number of carboxylic acid groups (broad SMARTS) is 1. The van der Waals surface area contributed by atoms with E-state index in [4.69, 9.17) is 10.8 Å². The lowest BCUT2D eigenvalue weighted by atomic mass is 9.92. The Morgan fingerprint density at radius 3 is 2.09 bits per heavy atom. The zero-order valence-corrected chi connectivity index (χ0v) is 7.78. The maximum atomic E-state index is 10.5. The summed E-state index contributed by atoms with van der Waals surface area (Å²) < 4.78 is 0. The van der Waals surface area contributed by atoms with Gasteiger partial charge in [0.1, 0.15) is 5.54 Å². The fourth-order valence-electron chi connectivity index (χ4n) is 0.881. The predicted octanol–water partition coefficient (Wildman–Crippen LogP) is 1.40. The molecule has 0 aliphatic heterocycles. The van der Waals surface area contributed by atoms with E-state index in [1.807, 2.05) is 6.92 Å². The number of carbonyl (C=O) groups is 1. The summed E-state index contributed by atoms with van der Waals surface area (Å²) in [6, 6.07) is 0. The monoisotopic (exact) mass is 181 g/mol. The number of halogens is 1. The summed E-state index contributed by atoms with van der Waals surface area (Å²) >= 11 is 0. The lowest BCUT2D eigenvalue weighted by Gasteiger charge is -2.21. The molecule has 0 aliphatic carbocycles. The number of aliphatic carboxylic acids is 1. The molecule has 0 amide bonds. The summed E-state index contributed by atoms with van der Waals surface area (Å²) in [5.74, 6) is -0.892. The molecule has 0 bridgehead atoms. The van der Waals surface area contributed by atoms with Gasteiger partial charge >= 0.3 is 5.97 Å². The van der Waals surface area contributed by atoms with Crippen molar-refractivity contribution in [1.29, 1.82) is 0 Å². The third kappa shape index (κ3) is 3.58. The molecule has 3 nitrogen and oxygen atoms in total.